The molecule has 134 valence electrons. The van der Waals surface area contributed by atoms with Crippen molar-refractivity contribution in [3.63, 3.8) is 0 Å². The van der Waals surface area contributed by atoms with Crippen molar-refractivity contribution in [3.8, 4) is 33.8 Å². The van der Waals surface area contributed by atoms with Crippen LogP contribution in [0.2, 0.25) is 5.02 Å². The number of rotatable bonds is 3. The molecule has 28 heavy (non-hydrogen) atoms. The summed E-state index contributed by atoms with van der Waals surface area (Å²) in [5, 5.41) is 12.0. The molecule has 0 fully saturated rings. The number of fused-ring (bicyclic) bond motifs is 1. The number of H-pyrrole nitrogens is 1. The predicted molar refractivity (Wildman–Crippen MR) is 115 cm³/mol. The van der Waals surface area contributed by atoms with Gasteiger partial charge in [0.2, 0.25) is 0 Å². The molecule has 3 aromatic carbocycles. The summed E-state index contributed by atoms with van der Waals surface area (Å²) in [6.45, 7) is 0. The molecule has 5 rings (SSSR count). The van der Waals surface area contributed by atoms with E-state index in [0.717, 1.165) is 44.5 Å². The van der Waals surface area contributed by atoms with Crippen LogP contribution in [-0.4, -0.2) is 15.2 Å². The van der Waals surface area contributed by atoms with Gasteiger partial charge in [0.15, 0.2) is 0 Å². The van der Waals surface area contributed by atoms with Crippen LogP contribution < -0.4 is 0 Å². The topological polar surface area (TPSA) is 41.6 Å². The van der Waals surface area contributed by atoms with E-state index in [0.29, 0.717) is 5.02 Å². The molecule has 0 aliphatic carbocycles. The van der Waals surface area contributed by atoms with Crippen LogP contribution in [0, 0.1) is 0 Å². The van der Waals surface area contributed by atoms with Crippen molar-refractivity contribution in [1.82, 2.24) is 15.2 Å². The molecule has 0 saturated heterocycles. The zero-order valence-electron chi connectivity index (χ0n) is 14.9. The Morgan fingerprint density at radius 3 is 1.89 bits per heavy atom. The van der Waals surface area contributed by atoms with Crippen molar-refractivity contribution >= 4 is 22.4 Å². The average molecular weight is 382 g/mol. The van der Waals surface area contributed by atoms with E-state index < -0.39 is 0 Å². The maximum atomic E-state index is 6.52. The second-order valence-corrected chi connectivity index (χ2v) is 6.97. The lowest BCUT2D eigenvalue weighted by atomic mass is 9.99. The number of benzene rings is 3. The molecule has 0 radical (unpaired) electrons. The molecule has 1 N–H and O–H groups in total. The number of hydrogen-bond acceptors (Lipinski definition) is 2. The van der Waals surface area contributed by atoms with Gasteiger partial charge in [-0.15, -0.1) is 10.2 Å². The SMILES string of the molecule is Clc1ccccc1-c1[nH]cc2c(-c3ccccc3)nnc(-c3ccccc3)c12. The normalized spacial score (nSPS) is 11.0. The Hall–Kier alpha value is -3.43. The van der Waals surface area contributed by atoms with Crippen LogP contribution >= 0.6 is 11.6 Å². The summed E-state index contributed by atoms with van der Waals surface area (Å²) in [5.41, 5.74) is 5.64. The van der Waals surface area contributed by atoms with Gasteiger partial charge in [-0.05, 0) is 6.07 Å². The van der Waals surface area contributed by atoms with Gasteiger partial charge in [-0.25, -0.2) is 0 Å². The molecule has 0 atom stereocenters. The maximum Gasteiger partial charge on any atom is 0.103 e. The van der Waals surface area contributed by atoms with E-state index in [1.165, 1.54) is 0 Å². The fraction of sp³-hybridized carbons (Fsp3) is 0. The van der Waals surface area contributed by atoms with Crippen LogP contribution in [0.3, 0.4) is 0 Å². The average Bonchev–Trinajstić information content (AvgIpc) is 3.20. The summed E-state index contributed by atoms with van der Waals surface area (Å²) in [6.07, 6.45) is 2.00. The highest BCUT2D eigenvalue weighted by atomic mass is 35.5. The van der Waals surface area contributed by atoms with E-state index in [1.807, 2.05) is 79.0 Å². The minimum absolute atomic E-state index is 0.698. The lowest BCUT2D eigenvalue weighted by molar-refractivity contribution is 1.06. The van der Waals surface area contributed by atoms with Gasteiger partial charge in [-0.2, -0.15) is 0 Å². The molecular weight excluding hydrogens is 366 g/mol. The minimum atomic E-state index is 0.698. The van der Waals surface area contributed by atoms with Crippen LogP contribution in [0.4, 0.5) is 0 Å². The van der Waals surface area contributed by atoms with E-state index in [9.17, 15) is 0 Å². The van der Waals surface area contributed by atoms with E-state index in [-0.39, 0.29) is 0 Å². The first-order valence-electron chi connectivity index (χ1n) is 9.06. The largest absolute Gasteiger partial charge is 0.360 e. The second kappa shape index (κ2) is 6.95. The van der Waals surface area contributed by atoms with Crippen LogP contribution in [0.15, 0.2) is 91.1 Å². The van der Waals surface area contributed by atoms with Crippen LogP contribution in [-0.2, 0) is 0 Å². The summed E-state index contributed by atoms with van der Waals surface area (Å²) >= 11 is 6.52. The second-order valence-electron chi connectivity index (χ2n) is 6.56. The molecule has 0 amide bonds. The number of aromatic amines is 1. The van der Waals surface area contributed by atoms with Crippen molar-refractivity contribution in [1.29, 1.82) is 0 Å². The van der Waals surface area contributed by atoms with Crippen molar-refractivity contribution in [2.45, 2.75) is 0 Å². The molecule has 0 bridgehead atoms. The van der Waals surface area contributed by atoms with Gasteiger partial charge in [0, 0.05) is 38.7 Å². The van der Waals surface area contributed by atoms with Gasteiger partial charge in [-0.1, -0.05) is 90.5 Å². The van der Waals surface area contributed by atoms with E-state index >= 15 is 0 Å². The molecule has 3 nitrogen and oxygen atoms in total. The summed E-state index contributed by atoms with van der Waals surface area (Å²) in [5.74, 6) is 0. The number of nitrogens with one attached hydrogen (secondary N) is 1. The zero-order valence-corrected chi connectivity index (χ0v) is 15.7. The number of nitrogens with zero attached hydrogens (tertiary/aromatic N) is 2. The van der Waals surface area contributed by atoms with Gasteiger partial charge < -0.3 is 4.98 Å². The Balaban J connectivity index is 1.86. The van der Waals surface area contributed by atoms with Gasteiger partial charge >= 0.3 is 0 Å². The van der Waals surface area contributed by atoms with Crippen LogP contribution in [0.1, 0.15) is 0 Å². The molecule has 5 aromatic rings. The highest BCUT2D eigenvalue weighted by Gasteiger charge is 2.19. The fourth-order valence-corrected chi connectivity index (χ4v) is 3.77. The molecule has 2 aromatic heterocycles. The first kappa shape index (κ1) is 16.7. The van der Waals surface area contributed by atoms with Crippen molar-refractivity contribution in [2.24, 2.45) is 0 Å². The standard InChI is InChI=1S/C24H16ClN3/c25-20-14-8-7-13-18(20)24-21-19(15-26-24)22(16-9-3-1-4-10-16)27-28-23(21)17-11-5-2-6-12-17/h1-15,26H. The quantitative estimate of drug-likeness (QED) is 0.382. The van der Waals surface area contributed by atoms with Gasteiger partial charge in [0.25, 0.3) is 0 Å². The lowest BCUT2D eigenvalue weighted by Crippen LogP contribution is -1.94. The Bertz CT molecular complexity index is 1260. The molecule has 4 heteroatoms. The van der Waals surface area contributed by atoms with E-state index in [4.69, 9.17) is 11.6 Å². The predicted octanol–water partition coefficient (Wildman–Crippen LogP) is 6.61. The Kier molecular flexibility index (Phi) is 4.15. The Morgan fingerprint density at radius 1 is 0.643 bits per heavy atom. The summed E-state index contributed by atoms with van der Waals surface area (Å²) in [6, 6.07) is 28.1. The lowest BCUT2D eigenvalue weighted by Gasteiger charge is -2.09. The third-order valence-electron chi connectivity index (χ3n) is 4.86. The van der Waals surface area contributed by atoms with Crippen LogP contribution in [0.25, 0.3) is 44.5 Å². The highest BCUT2D eigenvalue weighted by Crippen LogP contribution is 2.40. The van der Waals surface area contributed by atoms with E-state index in [2.05, 4.69) is 27.3 Å². The van der Waals surface area contributed by atoms with Gasteiger partial charge in [-0.3, -0.25) is 0 Å². The summed E-state index contributed by atoms with van der Waals surface area (Å²) in [7, 11) is 0. The van der Waals surface area contributed by atoms with Crippen LogP contribution in [0.5, 0.6) is 0 Å². The van der Waals surface area contributed by atoms with Gasteiger partial charge in [0.1, 0.15) is 11.4 Å². The molecular formula is C24H16ClN3. The zero-order chi connectivity index (χ0) is 18.9. The van der Waals surface area contributed by atoms with Crippen molar-refractivity contribution < 1.29 is 0 Å². The third kappa shape index (κ3) is 2.77. The monoisotopic (exact) mass is 381 g/mol. The number of aromatic nitrogens is 3. The number of halogens is 1. The Morgan fingerprint density at radius 2 is 1.21 bits per heavy atom. The molecule has 0 unspecified atom stereocenters. The maximum absolute atomic E-state index is 6.52. The fourth-order valence-electron chi connectivity index (χ4n) is 3.54. The molecule has 0 aliphatic heterocycles. The van der Waals surface area contributed by atoms with Crippen molar-refractivity contribution in [2.75, 3.05) is 0 Å². The number of hydrogen-bond donors (Lipinski definition) is 1. The first-order chi connectivity index (χ1) is 13.8. The smallest absolute Gasteiger partial charge is 0.103 e. The van der Waals surface area contributed by atoms with Gasteiger partial charge in [0.05, 0.1) is 5.69 Å². The minimum Gasteiger partial charge on any atom is -0.360 e. The van der Waals surface area contributed by atoms with E-state index in [1.54, 1.807) is 0 Å². The molecule has 0 aliphatic rings. The summed E-state index contributed by atoms with van der Waals surface area (Å²) < 4.78 is 0. The third-order valence-corrected chi connectivity index (χ3v) is 5.19. The highest BCUT2D eigenvalue weighted by molar-refractivity contribution is 6.33. The Labute approximate surface area is 167 Å². The van der Waals surface area contributed by atoms with Crippen molar-refractivity contribution in [3.05, 3.63) is 96.1 Å². The molecule has 0 saturated carbocycles. The molecule has 2 heterocycles. The first-order valence-corrected chi connectivity index (χ1v) is 9.44. The summed E-state index contributed by atoms with van der Waals surface area (Å²) in [4.78, 5) is 3.43. The molecule has 0 spiro atoms.